The summed E-state index contributed by atoms with van der Waals surface area (Å²) in [7, 11) is 0. The van der Waals surface area contributed by atoms with E-state index in [1.165, 1.54) is 0 Å². The minimum Gasteiger partial charge on any atom is -0.474 e. The Morgan fingerprint density at radius 2 is 1.63 bits per heavy atom. The lowest BCUT2D eigenvalue weighted by molar-refractivity contribution is 0.334. The van der Waals surface area contributed by atoms with Gasteiger partial charge in [-0.3, -0.25) is 0 Å². The van der Waals surface area contributed by atoms with Crippen LogP contribution in [0.15, 0.2) is 65.7 Å². The van der Waals surface area contributed by atoms with Gasteiger partial charge in [-0.2, -0.15) is 0 Å². The molecule has 0 aliphatic carbocycles. The molecule has 0 spiro atoms. The van der Waals surface area contributed by atoms with Gasteiger partial charge in [0.1, 0.15) is 12.6 Å². The largest absolute Gasteiger partial charge is 0.474 e. The highest BCUT2D eigenvalue weighted by molar-refractivity contribution is 5.95. The van der Waals surface area contributed by atoms with Gasteiger partial charge in [-0.05, 0) is 24.3 Å². The highest BCUT2D eigenvalue weighted by Crippen LogP contribution is 2.11. The molecule has 2 aromatic rings. The zero-order valence-corrected chi connectivity index (χ0v) is 10.4. The van der Waals surface area contributed by atoms with Crippen LogP contribution in [-0.4, -0.2) is 18.5 Å². The van der Waals surface area contributed by atoms with Gasteiger partial charge in [0.15, 0.2) is 0 Å². The molecule has 0 saturated carbocycles. The first-order chi connectivity index (χ1) is 9.42. The van der Waals surface area contributed by atoms with Crippen LogP contribution in [0.3, 0.4) is 0 Å². The van der Waals surface area contributed by atoms with Crippen molar-refractivity contribution in [1.82, 2.24) is 0 Å². The molecule has 0 radical (unpaired) electrons. The van der Waals surface area contributed by atoms with Crippen LogP contribution in [0, 0.1) is 11.8 Å². The van der Waals surface area contributed by atoms with Crippen molar-refractivity contribution < 1.29 is 4.74 Å². The van der Waals surface area contributed by atoms with Gasteiger partial charge >= 0.3 is 0 Å². The number of ether oxygens (including phenoxy) is 1. The summed E-state index contributed by atoms with van der Waals surface area (Å²) in [6.45, 7) is 0.532. The lowest BCUT2D eigenvalue weighted by Crippen LogP contribution is -2.03. The Morgan fingerprint density at radius 3 is 2.37 bits per heavy atom. The molecule has 1 heterocycles. The molecule has 1 atom stereocenters. The van der Waals surface area contributed by atoms with E-state index >= 15 is 0 Å². The third-order valence-corrected chi connectivity index (χ3v) is 2.83. The number of hydrogen-bond donors (Lipinski definition) is 0. The fourth-order valence-corrected chi connectivity index (χ4v) is 1.87. The van der Waals surface area contributed by atoms with Gasteiger partial charge in [0.2, 0.25) is 5.90 Å². The number of nitrogens with zero attached hydrogens (tertiary/aromatic N) is 1. The average Bonchev–Trinajstić information content (AvgIpc) is 2.96. The second-order valence-electron chi connectivity index (χ2n) is 4.26. The number of rotatable bonds is 1. The van der Waals surface area contributed by atoms with Crippen LogP contribution in [0.2, 0.25) is 0 Å². The molecule has 19 heavy (non-hydrogen) atoms. The zero-order valence-electron chi connectivity index (χ0n) is 10.4. The summed E-state index contributed by atoms with van der Waals surface area (Å²) < 4.78 is 5.59. The molecule has 0 saturated heterocycles. The van der Waals surface area contributed by atoms with E-state index in [0.717, 1.165) is 11.1 Å². The normalized spacial score (nSPS) is 17.1. The molecule has 1 aliphatic rings. The Labute approximate surface area is 112 Å². The molecule has 2 heteroatoms. The van der Waals surface area contributed by atoms with E-state index in [4.69, 9.17) is 4.74 Å². The van der Waals surface area contributed by atoms with E-state index in [1.54, 1.807) is 0 Å². The lowest BCUT2D eigenvalue weighted by Gasteiger charge is -1.98. The van der Waals surface area contributed by atoms with Crippen LogP contribution < -0.4 is 0 Å². The summed E-state index contributed by atoms with van der Waals surface area (Å²) in [6, 6.07) is 19.8. The maximum absolute atomic E-state index is 5.59. The minimum atomic E-state index is -0.0737. The molecule has 0 N–H and O–H groups in total. The third-order valence-electron chi connectivity index (χ3n) is 2.83. The Hall–Kier alpha value is -2.53. The summed E-state index contributed by atoms with van der Waals surface area (Å²) in [6.07, 6.45) is 0. The molecular weight excluding hydrogens is 234 g/mol. The second-order valence-corrected chi connectivity index (χ2v) is 4.26. The monoisotopic (exact) mass is 247 g/mol. The van der Waals surface area contributed by atoms with E-state index in [1.807, 2.05) is 60.7 Å². The first-order valence-corrected chi connectivity index (χ1v) is 6.24. The molecule has 92 valence electrons. The maximum Gasteiger partial charge on any atom is 0.217 e. The Morgan fingerprint density at radius 1 is 0.947 bits per heavy atom. The molecule has 0 unspecified atom stereocenters. The number of hydrogen-bond acceptors (Lipinski definition) is 2. The van der Waals surface area contributed by atoms with Crippen LogP contribution in [-0.2, 0) is 4.74 Å². The van der Waals surface area contributed by atoms with E-state index in [2.05, 4.69) is 16.8 Å². The fourth-order valence-electron chi connectivity index (χ4n) is 1.87. The van der Waals surface area contributed by atoms with Crippen LogP contribution >= 0.6 is 0 Å². The molecule has 0 fully saturated rings. The summed E-state index contributed by atoms with van der Waals surface area (Å²) >= 11 is 0. The van der Waals surface area contributed by atoms with Crippen molar-refractivity contribution in [2.75, 3.05) is 6.61 Å². The van der Waals surface area contributed by atoms with Crippen molar-refractivity contribution in [2.45, 2.75) is 6.04 Å². The fraction of sp³-hybridized carbons (Fsp3) is 0.118. The van der Waals surface area contributed by atoms with E-state index in [-0.39, 0.29) is 6.04 Å². The molecule has 2 nitrogen and oxygen atoms in total. The SMILES string of the molecule is C(#C[C@@H]1COC(c2ccccc2)=N1)c1ccccc1. The molecule has 0 aromatic heterocycles. The third kappa shape index (κ3) is 2.83. The number of aliphatic imine (C=N–C) groups is 1. The first-order valence-electron chi connectivity index (χ1n) is 6.24. The van der Waals surface area contributed by atoms with Gasteiger partial charge in [0.25, 0.3) is 0 Å². The molecule has 2 aromatic carbocycles. The lowest BCUT2D eigenvalue weighted by atomic mass is 10.2. The first kappa shape index (κ1) is 11.6. The van der Waals surface area contributed by atoms with Crippen molar-refractivity contribution in [2.24, 2.45) is 4.99 Å². The van der Waals surface area contributed by atoms with Crippen LogP contribution in [0.5, 0.6) is 0 Å². The Bertz CT molecular complexity index is 635. The van der Waals surface area contributed by atoms with Crippen LogP contribution in [0.4, 0.5) is 0 Å². The van der Waals surface area contributed by atoms with E-state index < -0.39 is 0 Å². The smallest absolute Gasteiger partial charge is 0.217 e. The topological polar surface area (TPSA) is 21.6 Å². The summed E-state index contributed by atoms with van der Waals surface area (Å²) in [4.78, 5) is 4.49. The van der Waals surface area contributed by atoms with Gasteiger partial charge in [-0.1, -0.05) is 48.2 Å². The quantitative estimate of drug-likeness (QED) is 0.710. The maximum atomic E-state index is 5.59. The number of benzene rings is 2. The average molecular weight is 247 g/mol. The van der Waals surface area contributed by atoms with Gasteiger partial charge in [-0.15, -0.1) is 0 Å². The summed E-state index contributed by atoms with van der Waals surface area (Å²) in [5.74, 6) is 6.94. The van der Waals surface area contributed by atoms with Gasteiger partial charge in [0.05, 0.1) is 0 Å². The van der Waals surface area contributed by atoms with Gasteiger partial charge in [0, 0.05) is 11.1 Å². The Balaban J connectivity index is 1.76. The molecular formula is C17H13NO. The van der Waals surface area contributed by atoms with Gasteiger partial charge < -0.3 is 4.74 Å². The van der Waals surface area contributed by atoms with E-state index in [9.17, 15) is 0 Å². The predicted octanol–water partition coefficient (Wildman–Crippen LogP) is 2.88. The highest BCUT2D eigenvalue weighted by Gasteiger charge is 2.17. The van der Waals surface area contributed by atoms with Crippen molar-refractivity contribution in [3.8, 4) is 11.8 Å². The van der Waals surface area contributed by atoms with Crippen LogP contribution in [0.1, 0.15) is 11.1 Å². The van der Waals surface area contributed by atoms with Crippen molar-refractivity contribution >= 4 is 5.90 Å². The van der Waals surface area contributed by atoms with E-state index in [0.29, 0.717) is 12.5 Å². The zero-order chi connectivity index (χ0) is 12.9. The van der Waals surface area contributed by atoms with Crippen molar-refractivity contribution in [1.29, 1.82) is 0 Å². The summed E-state index contributed by atoms with van der Waals surface area (Å²) in [5, 5.41) is 0. The second kappa shape index (κ2) is 5.41. The van der Waals surface area contributed by atoms with Crippen molar-refractivity contribution in [3.63, 3.8) is 0 Å². The minimum absolute atomic E-state index is 0.0737. The molecule has 3 rings (SSSR count). The molecule has 0 bridgehead atoms. The predicted molar refractivity (Wildman–Crippen MR) is 76.0 cm³/mol. The van der Waals surface area contributed by atoms with Gasteiger partial charge in [-0.25, -0.2) is 4.99 Å². The standard InChI is InChI=1S/C17H13NO/c1-3-7-14(8-4-1)11-12-16-13-19-17(18-16)15-9-5-2-6-10-15/h1-10,16H,13H2/t16-/m1/s1. The summed E-state index contributed by atoms with van der Waals surface area (Å²) in [5.41, 5.74) is 2.01. The van der Waals surface area contributed by atoms with Crippen LogP contribution in [0.25, 0.3) is 0 Å². The Kier molecular flexibility index (Phi) is 3.29. The molecule has 1 aliphatic heterocycles. The molecule has 0 amide bonds. The van der Waals surface area contributed by atoms with Crippen molar-refractivity contribution in [3.05, 3.63) is 71.8 Å². The highest BCUT2D eigenvalue weighted by atomic mass is 16.5.